The molecule has 2 nitrogen and oxygen atoms in total. The van der Waals surface area contributed by atoms with Crippen LogP contribution in [0.1, 0.15) is 39.0 Å². The zero-order chi connectivity index (χ0) is 10.7. The number of nitrogens with zero attached hydrogens (tertiary/aromatic N) is 1. The van der Waals surface area contributed by atoms with Crippen molar-refractivity contribution >= 4 is 5.91 Å². The highest BCUT2D eigenvalue weighted by Crippen LogP contribution is 2.29. The average Bonchev–Trinajstić information content (AvgIpc) is 2.30. The van der Waals surface area contributed by atoms with Gasteiger partial charge in [0.15, 0.2) is 0 Å². The number of hydrogen-bond acceptors (Lipinski definition) is 1. The van der Waals surface area contributed by atoms with Crippen LogP contribution in [0, 0.1) is 11.8 Å². The zero-order valence-corrected chi connectivity index (χ0v) is 9.61. The minimum Gasteiger partial charge on any atom is -0.338 e. The molecule has 1 heterocycles. The number of carbonyl (C=O) groups excluding carboxylic acids is 1. The molecule has 0 bridgehead atoms. The van der Waals surface area contributed by atoms with Gasteiger partial charge in [-0.3, -0.25) is 4.79 Å². The average molecular weight is 207 g/mol. The van der Waals surface area contributed by atoms with Gasteiger partial charge in [0.2, 0.25) is 5.91 Å². The van der Waals surface area contributed by atoms with Gasteiger partial charge in [0.05, 0.1) is 0 Å². The summed E-state index contributed by atoms with van der Waals surface area (Å²) in [6.07, 6.45) is 10.0. The first-order chi connectivity index (χ1) is 7.27. The van der Waals surface area contributed by atoms with Crippen LogP contribution in [0.4, 0.5) is 0 Å². The van der Waals surface area contributed by atoms with E-state index < -0.39 is 0 Å². The summed E-state index contributed by atoms with van der Waals surface area (Å²) in [6, 6.07) is 0. The van der Waals surface area contributed by atoms with Crippen LogP contribution in [0.15, 0.2) is 12.2 Å². The molecule has 1 aliphatic carbocycles. The lowest BCUT2D eigenvalue weighted by molar-refractivity contribution is -0.136. The van der Waals surface area contributed by atoms with Gasteiger partial charge >= 0.3 is 0 Å². The Balaban J connectivity index is 1.87. The molecule has 0 saturated heterocycles. The smallest absolute Gasteiger partial charge is 0.225 e. The SMILES string of the molecule is CC1CCC(C(=O)N2CC=CCC2)CC1. The second kappa shape index (κ2) is 4.82. The highest BCUT2D eigenvalue weighted by Gasteiger charge is 2.27. The summed E-state index contributed by atoms with van der Waals surface area (Å²) in [5.74, 6) is 1.56. The summed E-state index contributed by atoms with van der Waals surface area (Å²) in [6.45, 7) is 4.07. The standard InChI is InChI=1S/C13H21NO/c1-11-5-7-12(8-6-11)13(15)14-9-3-2-4-10-14/h2-3,11-12H,4-10H2,1H3. The zero-order valence-electron chi connectivity index (χ0n) is 9.61. The quantitative estimate of drug-likeness (QED) is 0.605. The van der Waals surface area contributed by atoms with Crippen molar-refractivity contribution in [3.63, 3.8) is 0 Å². The molecular weight excluding hydrogens is 186 g/mol. The van der Waals surface area contributed by atoms with Gasteiger partial charge in [-0.2, -0.15) is 0 Å². The Kier molecular flexibility index (Phi) is 3.45. The fourth-order valence-electron chi connectivity index (χ4n) is 2.61. The molecule has 1 fully saturated rings. The van der Waals surface area contributed by atoms with E-state index in [0.29, 0.717) is 11.8 Å². The predicted molar refractivity (Wildman–Crippen MR) is 61.5 cm³/mol. The number of carbonyl (C=O) groups is 1. The molecule has 1 saturated carbocycles. The molecule has 15 heavy (non-hydrogen) atoms. The summed E-state index contributed by atoms with van der Waals surface area (Å²) < 4.78 is 0. The lowest BCUT2D eigenvalue weighted by atomic mass is 9.82. The number of hydrogen-bond donors (Lipinski definition) is 0. The van der Waals surface area contributed by atoms with Gasteiger partial charge in [0.1, 0.15) is 0 Å². The van der Waals surface area contributed by atoms with Crippen LogP contribution in [0.2, 0.25) is 0 Å². The van der Waals surface area contributed by atoms with Crippen molar-refractivity contribution in [1.29, 1.82) is 0 Å². The molecule has 0 aromatic carbocycles. The van der Waals surface area contributed by atoms with Crippen LogP contribution >= 0.6 is 0 Å². The summed E-state index contributed by atoms with van der Waals surface area (Å²) in [5.41, 5.74) is 0. The molecule has 0 aromatic heterocycles. The molecule has 0 radical (unpaired) electrons. The highest BCUT2D eigenvalue weighted by atomic mass is 16.2. The molecular formula is C13H21NO. The molecule has 0 spiro atoms. The van der Waals surface area contributed by atoms with Crippen LogP contribution in [0.25, 0.3) is 0 Å². The third-order valence-corrected chi connectivity index (χ3v) is 3.73. The minimum absolute atomic E-state index is 0.327. The molecule has 0 aromatic rings. The van der Waals surface area contributed by atoms with Gasteiger partial charge in [-0.15, -0.1) is 0 Å². The van der Waals surface area contributed by atoms with E-state index >= 15 is 0 Å². The van der Waals surface area contributed by atoms with E-state index in [9.17, 15) is 4.79 Å². The van der Waals surface area contributed by atoms with E-state index in [1.165, 1.54) is 12.8 Å². The molecule has 84 valence electrons. The second-order valence-corrected chi connectivity index (χ2v) is 5.00. The topological polar surface area (TPSA) is 20.3 Å². The maximum absolute atomic E-state index is 12.2. The van der Waals surface area contributed by atoms with Gasteiger partial charge in [0, 0.05) is 19.0 Å². The van der Waals surface area contributed by atoms with Crippen molar-refractivity contribution in [3.8, 4) is 0 Å². The van der Waals surface area contributed by atoms with E-state index in [2.05, 4.69) is 19.1 Å². The normalized spacial score (nSPS) is 31.7. The first kappa shape index (κ1) is 10.7. The van der Waals surface area contributed by atoms with Crippen LogP contribution in [0.3, 0.4) is 0 Å². The maximum Gasteiger partial charge on any atom is 0.225 e. The minimum atomic E-state index is 0.327. The Morgan fingerprint density at radius 2 is 1.93 bits per heavy atom. The van der Waals surface area contributed by atoms with E-state index in [4.69, 9.17) is 0 Å². The van der Waals surface area contributed by atoms with Gasteiger partial charge < -0.3 is 4.90 Å². The van der Waals surface area contributed by atoms with Crippen LogP contribution in [0.5, 0.6) is 0 Å². The predicted octanol–water partition coefficient (Wildman–Crippen LogP) is 2.60. The van der Waals surface area contributed by atoms with Gasteiger partial charge in [0.25, 0.3) is 0 Å². The Bertz CT molecular complexity index is 251. The largest absolute Gasteiger partial charge is 0.338 e. The summed E-state index contributed by atoms with van der Waals surface area (Å²) in [5, 5.41) is 0. The third-order valence-electron chi connectivity index (χ3n) is 3.73. The van der Waals surface area contributed by atoms with Crippen LogP contribution in [-0.4, -0.2) is 23.9 Å². The Labute approximate surface area is 92.3 Å². The number of rotatable bonds is 1. The Morgan fingerprint density at radius 1 is 1.20 bits per heavy atom. The van der Waals surface area contributed by atoms with E-state index in [0.717, 1.165) is 38.3 Å². The number of amides is 1. The lowest BCUT2D eigenvalue weighted by Crippen LogP contribution is -2.39. The van der Waals surface area contributed by atoms with Crippen molar-refractivity contribution in [3.05, 3.63) is 12.2 Å². The fraction of sp³-hybridized carbons (Fsp3) is 0.769. The summed E-state index contributed by atoms with van der Waals surface area (Å²) >= 11 is 0. The molecule has 1 aliphatic heterocycles. The second-order valence-electron chi connectivity index (χ2n) is 5.00. The molecule has 2 heteroatoms. The van der Waals surface area contributed by atoms with Gasteiger partial charge in [-0.25, -0.2) is 0 Å². The van der Waals surface area contributed by atoms with Crippen molar-refractivity contribution in [2.24, 2.45) is 11.8 Å². The highest BCUT2D eigenvalue weighted by molar-refractivity contribution is 5.79. The first-order valence-corrected chi connectivity index (χ1v) is 6.21. The lowest BCUT2D eigenvalue weighted by Gasteiger charge is -2.31. The van der Waals surface area contributed by atoms with Crippen molar-refractivity contribution in [2.75, 3.05) is 13.1 Å². The fourth-order valence-corrected chi connectivity index (χ4v) is 2.61. The van der Waals surface area contributed by atoms with Crippen molar-refractivity contribution < 1.29 is 4.79 Å². The van der Waals surface area contributed by atoms with Crippen LogP contribution < -0.4 is 0 Å². The van der Waals surface area contributed by atoms with E-state index in [-0.39, 0.29) is 0 Å². The van der Waals surface area contributed by atoms with E-state index in [1.807, 2.05) is 4.90 Å². The van der Waals surface area contributed by atoms with E-state index in [1.54, 1.807) is 0 Å². The third kappa shape index (κ3) is 2.61. The first-order valence-electron chi connectivity index (χ1n) is 6.21. The van der Waals surface area contributed by atoms with Crippen molar-refractivity contribution in [1.82, 2.24) is 4.90 Å². The van der Waals surface area contributed by atoms with Crippen molar-refractivity contribution in [2.45, 2.75) is 39.0 Å². The monoisotopic (exact) mass is 207 g/mol. The van der Waals surface area contributed by atoms with Crippen LogP contribution in [-0.2, 0) is 4.79 Å². The summed E-state index contributed by atoms with van der Waals surface area (Å²) in [4.78, 5) is 14.2. The Hall–Kier alpha value is -0.790. The molecule has 0 unspecified atom stereocenters. The molecule has 2 rings (SSSR count). The maximum atomic E-state index is 12.2. The molecule has 0 atom stereocenters. The summed E-state index contributed by atoms with van der Waals surface area (Å²) in [7, 11) is 0. The molecule has 2 aliphatic rings. The molecule has 0 N–H and O–H groups in total. The molecule has 1 amide bonds. The van der Waals surface area contributed by atoms with Gasteiger partial charge in [-0.1, -0.05) is 19.1 Å². The van der Waals surface area contributed by atoms with Gasteiger partial charge in [-0.05, 0) is 38.0 Å². The Morgan fingerprint density at radius 3 is 2.53 bits per heavy atom.